The number of para-hydroxylation sites is 2. The van der Waals surface area contributed by atoms with Crippen LogP contribution in [0.15, 0.2) is 67.4 Å². The molecule has 0 radical (unpaired) electrons. The molecule has 0 atom stereocenters. The maximum atomic E-state index is 12.6. The third-order valence-corrected chi connectivity index (χ3v) is 4.50. The number of carbonyl (C=O) groups is 1. The highest BCUT2D eigenvalue weighted by Gasteiger charge is 2.12. The Hall–Kier alpha value is -3.41. The molecule has 0 spiro atoms. The molecule has 2 heterocycles. The van der Waals surface area contributed by atoms with Crippen LogP contribution in [0.2, 0.25) is 0 Å². The molecule has 1 amide bonds. The minimum atomic E-state index is -0.102. The lowest BCUT2D eigenvalue weighted by atomic mass is 10.1. The van der Waals surface area contributed by atoms with Gasteiger partial charge in [-0.1, -0.05) is 30.3 Å². The molecule has 26 heavy (non-hydrogen) atoms. The number of hydrogen-bond donors (Lipinski definition) is 1. The van der Waals surface area contributed by atoms with Gasteiger partial charge in [0.25, 0.3) is 5.91 Å². The summed E-state index contributed by atoms with van der Waals surface area (Å²) in [6.45, 7) is 0.573. The van der Waals surface area contributed by atoms with Gasteiger partial charge in [-0.2, -0.15) is 0 Å². The van der Waals surface area contributed by atoms with Crippen molar-refractivity contribution in [1.29, 1.82) is 0 Å². The average Bonchev–Trinajstić information content (AvgIpc) is 3.31. The van der Waals surface area contributed by atoms with E-state index in [1.54, 1.807) is 17.2 Å². The van der Waals surface area contributed by atoms with Crippen LogP contribution in [0.3, 0.4) is 0 Å². The lowest BCUT2D eigenvalue weighted by molar-refractivity contribution is 0.0954. The van der Waals surface area contributed by atoms with Gasteiger partial charge in [0.1, 0.15) is 12.7 Å². The predicted octanol–water partition coefficient (Wildman–Crippen LogP) is 2.73. The Balaban J connectivity index is 1.48. The van der Waals surface area contributed by atoms with Gasteiger partial charge in [0.15, 0.2) is 0 Å². The molecule has 6 heteroatoms. The summed E-state index contributed by atoms with van der Waals surface area (Å²) in [7, 11) is 2.04. The first kappa shape index (κ1) is 16.1. The van der Waals surface area contributed by atoms with E-state index in [0.717, 1.165) is 12.1 Å². The second-order valence-corrected chi connectivity index (χ2v) is 6.17. The zero-order valence-corrected chi connectivity index (χ0v) is 14.5. The summed E-state index contributed by atoms with van der Waals surface area (Å²) in [4.78, 5) is 12.6. The molecule has 6 nitrogen and oxygen atoms in total. The highest BCUT2D eigenvalue weighted by Crippen LogP contribution is 2.20. The standard InChI is InChI=1S/C20H19N5O/c1-24-12-15(16-6-2-4-8-18(16)24)10-11-21-20(26)17-7-3-5-9-19(17)25-13-22-23-14-25/h2-9,12-14H,10-11H2,1H3,(H,21,26). The zero-order chi connectivity index (χ0) is 17.9. The fourth-order valence-electron chi connectivity index (χ4n) is 3.25. The van der Waals surface area contributed by atoms with E-state index >= 15 is 0 Å². The van der Waals surface area contributed by atoms with Crippen LogP contribution < -0.4 is 5.32 Å². The van der Waals surface area contributed by atoms with Crippen molar-refractivity contribution in [1.82, 2.24) is 24.6 Å². The molecule has 0 bridgehead atoms. The molecule has 0 saturated carbocycles. The molecule has 0 aliphatic carbocycles. The first-order chi connectivity index (χ1) is 12.7. The molecule has 1 N–H and O–H groups in total. The largest absolute Gasteiger partial charge is 0.352 e. The monoisotopic (exact) mass is 345 g/mol. The van der Waals surface area contributed by atoms with E-state index < -0.39 is 0 Å². The second kappa shape index (κ2) is 6.84. The van der Waals surface area contributed by atoms with E-state index in [2.05, 4.69) is 38.4 Å². The van der Waals surface area contributed by atoms with Gasteiger partial charge < -0.3 is 9.88 Å². The number of amides is 1. The smallest absolute Gasteiger partial charge is 0.253 e. The molecular weight excluding hydrogens is 326 g/mol. The summed E-state index contributed by atoms with van der Waals surface area (Å²) in [5.74, 6) is -0.102. The maximum Gasteiger partial charge on any atom is 0.253 e. The van der Waals surface area contributed by atoms with Crippen molar-refractivity contribution in [2.75, 3.05) is 6.54 Å². The van der Waals surface area contributed by atoms with Crippen molar-refractivity contribution in [3.8, 4) is 5.69 Å². The number of fused-ring (bicyclic) bond motifs is 1. The molecule has 2 aromatic carbocycles. The van der Waals surface area contributed by atoms with Gasteiger partial charge in [-0.05, 0) is 30.2 Å². The van der Waals surface area contributed by atoms with Crippen LogP contribution >= 0.6 is 0 Å². The Morgan fingerprint density at radius 3 is 2.62 bits per heavy atom. The van der Waals surface area contributed by atoms with Crippen LogP contribution in [0.4, 0.5) is 0 Å². The normalized spacial score (nSPS) is 11.0. The first-order valence-electron chi connectivity index (χ1n) is 8.49. The van der Waals surface area contributed by atoms with Crippen molar-refractivity contribution in [2.24, 2.45) is 7.05 Å². The molecule has 0 aliphatic heterocycles. The van der Waals surface area contributed by atoms with Crippen molar-refractivity contribution in [3.63, 3.8) is 0 Å². The Morgan fingerprint density at radius 2 is 1.77 bits per heavy atom. The van der Waals surface area contributed by atoms with Crippen molar-refractivity contribution in [3.05, 3.63) is 78.5 Å². The van der Waals surface area contributed by atoms with Crippen LogP contribution in [0, 0.1) is 0 Å². The van der Waals surface area contributed by atoms with Gasteiger partial charge in [0, 0.05) is 30.7 Å². The zero-order valence-electron chi connectivity index (χ0n) is 14.5. The second-order valence-electron chi connectivity index (χ2n) is 6.17. The molecule has 130 valence electrons. The maximum absolute atomic E-state index is 12.6. The van der Waals surface area contributed by atoms with Gasteiger partial charge in [-0.15, -0.1) is 10.2 Å². The minimum absolute atomic E-state index is 0.102. The number of hydrogen-bond acceptors (Lipinski definition) is 3. The number of aromatic nitrogens is 4. The van der Waals surface area contributed by atoms with Gasteiger partial charge in [-0.25, -0.2) is 0 Å². The van der Waals surface area contributed by atoms with Crippen LogP contribution in [-0.2, 0) is 13.5 Å². The SMILES string of the molecule is Cn1cc(CCNC(=O)c2ccccc2-n2cnnc2)c2ccccc21. The fourth-order valence-corrected chi connectivity index (χ4v) is 3.25. The van der Waals surface area contributed by atoms with E-state index in [1.807, 2.05) is 43.4 Å². The summed E-state index contributed by atoms with van der Waals surface area (Å²) < 4.78 is 3.85. The van der Waals surface area contributed by atoms with E-state index in [0.29, 0.717) is 12.1 Å². The third kappa shape index (κ3) is 2.97. The summed E-state index contributed by atoms with van der Waals surface area (Å²) in [5, 5.41) is 11.9. The number of carbonyl (C=O) groups excluding carboxylic acids is 1. The Bertz CT molecular complexity index is 1050. The van der Waals surface area contributed by atoms with Crippen molar-refractivity contribution < 1.29 is 4.79 Å². The predicted molar refractivity (Wildman–Crippen MR) is 100 cm³/mol. The number of nitrogens with one attached hydrogen (secondary N) is 1. The van der Waals surface area contributed by atoms with Crippen LogP contribution in [0.25, 0.3) is 16.6 Å². The Kier molecular flexibility index (Phi) is 4.23. The summed E-state index contributed by atoms with van der Waals surface area (Å²) in [5.41, 5.74) is 3.80. The molecule has 0 fully saturated rings. The Morgan fingerprint density at radius 1 is 1.04 bits per heavy atom. The fraction of sp³-hybridized carbons (Fsp3) is 0.150. The summed E-state index contributed by atoms with van der Waals surface area (Å²) in [6, 6.07) is 15.7. The van der Waals surface area contributed by atoms with E-state index in [-0.39, 0.29) is 5.91 Å². The van der Waals surface area contributed by atoms with Gasteiger partial charge >= 0.3 is 0 Å². The summed E-state index contributed by atoms with van der Waals surface area (Å²) >= 11 is 0. The lowest BCUT2D eigenvalue weighted by Crippen LogP contribution is -2.26. The van der Waals surface area contributed by atoms with E-state index in [9.17, 15) is 4.79 Å². The minimum Gasteiger partial charge on any atom is -0.352 e. The third-order valence-electron chi connectivity index (χ3n) is 4.50. The van der Waals surface area contributed by atoms with Crippen LogP contribution in [-0.4, -0.2) is 31.8 Å². The van der Waals surface area contributed by atoms with Gasteiger partial charge in [0.05, 0.1) is 11.3 Å². The lowest BCUT2D eigenvalue weighted by Gasteiger charge is -2.10. The number of aryl methyl sites for hydroxylation is 1. The molecule has 0 unspecified atom stereocenters. The van der Waals surface area contributed by atoms with Crippen molar-refractivity contribution in [2.45, 2.75) is 6.42 Å². The molecule has 4 aromatic rings. The van der Waals surface area contributed by atoms with Crippen molar-refractivity contribution >= 4 is 16.8 Å². The number of nitrogens with zero attached hydrogens (tertiary/aromatic N) is 4. The molecule has 0 saturated heterocycles. The van der Waals surface area contributed by atoms with Crippen LogP contribution in [0.1, 0.15) is 15.9 Å². The molecular formula is C20H19N5O. The van der Waals surface area contributed by atoms with E-state index in [4.69, 9.17) is 0 Å². The molecule has 2 aromatic heterocycles. The number of benzene rings is 2. The van der Waals surface area contributed by atoms with E-state index in [1.165, 1.54) is 16.5 Å². The first-order valence-corrected chi connectivity index (χ1v) is 8.49. The molecule has 4 rings (SSSR count). The average molecular weight is 345 g/mol. The quantitative estimate of drug-likeness (QED) is 0.605. The Labute approximate surface area is 151 Å². The van der Waals surface area contributed by atoms with Gasteiger partial charge in [-0.3, -0.25) is 9.36 Å². The summed E-state index contributed by atoms with van der Waals surface area (Å²) in [6.07, 6.45) is 6.08. The highest BCUT2D eigenvalue weighted by molar-refractivity contribution is 5.97. The number of rotatable bonds is 5. The van der Waals surface area contributed by atoms with Crippen LogP contribution in [0.5, 0.6) is 0 Å². The topological polar surface area (TPSA) is 64.7 Å². The molecule has 0 aliphatic rings. The highest BCUT2D eigenvalue weighted by atomic mass is 16.1. The van der Waals surface area contributed by atoms with Gasteiger partial charge in [0.2, 0.25) is 0 Å².